The maximum Gasteiger partial charge on any atom is 0.472 e. The van der Waals surface area contributed by atoms with Crippen molar-refractivity contribution in [2.24, 2.45) is 11.8 Å². The first-order valence-corrected chi connectivity index (χ1v) is 41.5. The molecule has 0 aliphatic heterocycles. The highest BCUT2D eigenvalue weighted by molar-refractivity contribution is 7.47. The molecular formula is C74H144O17P2. The topological polar surface area (TPSA) is 237 Å². The average Bonchev–Trinajstić information content (AvgIpc) is 3.24. The van der Waals surface area contributed by atoms with Gasteiger partial charge < -0.3 is 33.8 Å². The average molecular weight is 1370 g/mol. The third-order valence-electron chi connectivity index (χ3n) is 17.2. The summed E-state index contributed by atoms with van der Waals surface area (Å²) in [5.41, 5.74) is 0. The molecule has 0 aromatic heterocycles. The van der Waals surface area contributed by atoms with Crippen LogP contribution in [0.2, 0.25) is 0 Å². The van der Waals surface area contributed by atoms with Crippen molar-refractivity contribution < 1.29 is 80.2 Å². The van der Waals surface area contributed by atoms with E-state index in [4.69, 9.17) is 37.0 Å². The molecule has 0 aromatic rings. The molecule has 552 valence electrons. The molecule has 0 amide bonds. The third-order valence-corrected chi connectivity index (χ3v) is 19.1. The van der Waals surface area contributed by atoms with E-state index in [0.717, 1.165) is 102 Å². The van der Waals surface area contributed by atoms with Gasteiger partial charge >= 0.3 is 39.5 Å². The Kier molecular flexibility index (Phi) is 64.6. The number of unbranched alkanes of at least 4 members (excludes halogenated alkanes) is 43. The number of rotatable bonds is 73. The number of phosphoric acid groups is 2. The Labute approximate surface area is 568 Å². The Morgan fingerprint density at radius 1 is 0.290 bits per heavy atom. The molecule has 0 spiro atoms. The monoisotopic (exact) mass is 1370 g/mol. The van der Waals surface area contributed by atoms with Gasteiger partial charge in [0, 0.05) is 25.7 Å². The molecule has 0 rings (SSSR count). The van der Waals surface area contributed by atoms with Gasteiger partial charge in [-0.15, -0.1) is 0 Å². The second kappa shape index (κ2) is 66.0. The van der Waals surface area contributed by atoms with E-state index < -0.39 is 97.5 Å². The van der Waals surface area contributed by atoms with Crippen molar-refractivity contribution in [3.8, 4) is 0 Å². The van der Waals surface area contributed by atoms with Gasteiger partial charge in [0.2, 0.25) is 0 Å². The number of aliphatic hydroxyl groups excluding tert-OH is 1. The van der Waals surface area contributed by atoms with Gasteiger partial charge in [-0.25, -0.2) is 9.13 Å². The molecule has 17 nitrogen and oxygen atoms in total. The van der Waals surface area contributed by atoms with Gasteiger partial charge in [0.15, 0.2) is 12.2 Å². The summed E-state index contributed by atoms with van der Waals surface area (Å²) in [5.74, 6) is -0.658. The predicted octanol–water partition coefficient (Wildman–Crippen LogP) is 21.6. The van der Waals surface area contributed by atoms with Crippen molar-refractivity contribution in [2.45, 2.75) is 400 Å². The van der Waals surface area contributed by atoms with Crippen molar-refractivity contribution in [3.63, 3.8) is 0 Å². The maximum absolute atomic E-state index is 13.1. The van der Waals surface area contributed by atoms with Crippen LogP contribution in [0.1, 0.15) is 382 Å². The van der Waals surface area contributed by atoms with Crippen LogP contribution in [0.15, 0.2) is 0 Å². The van der Waals surface area contributed by atoms with Crippen LogP contribution in [0.4, 0.5) is 0 Å². The van der Waals surface area contributed by atoms with Crippen LogP contribution in [0.3, 0.4) is 0 Å². The van der Waals surface area contributed by atoms with E-state index in [1.165, 1.54) is 199 Å². The number of hydrogen-bond acceptors (Lipinski definition) is 15. The van der Waals surface area contributed by atoms with E-state index >= 15 is 0 Å². The summed E-state index contributed by atoms with van der Waals surface area (Å²) in [7, 11) is -9.91. The second-order valence-corrected chi connectivity index (χ2v) is 30.5. The molecule has 0 aliphatic rings. The molecular weight excluding hydrogens is 1220 g/mol. The third kappa shape index (κ3) is 68.4. The molecule has 3 N–H and O–H groups in total. The standard InChI is InChI=1S/C74H144O17P2/c1-7-9-11-13-15-17-19-20-21-22-23-24-25-26-28-32-40-46-52-58-73(78)90-69(62-85-72(77)57-51-45-39-33-29-30-36-42-48-54-66(3)4)64-88-92(80,81)86-60-68(75)61-87-93(82,83)89-65-70(91-74(79)59-53-47-41-35-34-37-43-49-55-67(5)6)63-84-71(76)56-50-44-38-31-27-18-16-14-12-10-8-2/h66-70,75H,7-65H2,1-6H3,(H,80,81)(H,82,83)/t68-,69-,70-/m1/s1. The molecule has 0 radical (unpaired) electrons. The fraction of sp³-hybridized carbons (Fsp3) is 0.946. The first-order chi connectivity index (χ1) is 44.9. The number of aliphatic hydroxyl groups is 1. The van der Waals surface area contributed by atoms with E-state index in [2.05, 4.69) is 41.5 Å². The van der Waals surface area contributed by atoms with Crippen LogP contribution in [0, 0.1) is 11.8 Å². The summed E-state index contributed by atoms with van der Waals surface area (Å²) in [6.07, 6.45) is 52.8. The number of ether oxygens (including phenoxy) is 4. The van der Waals surface area contributed by atoms with Crippen molar-refractivity contribution in [1.29, 1.82) is 0 Å². The van der Waals surface area contributed by atoms with Crippen LogP contribution in [-0.2, 0) is 65.4 Å². The molecule has 2 unspecified atom stereocenters. The van der Waals surface area contributed by atoms with Gasteiger partial charge in [-0.2, -0.15) is 0 Å². The Hall–Kier alpha value is -1.94. The van der Waals surface area contributed by atoms with Gasteiger partial charge in [-0.3, -0.25) is 37.3 Å². The van der Waals surface area contributed by atoms with E-state index in [0.29, 0.717) is 25.7 Å². The first kappa shape index (κ1) is 91.1. The molecule has 19 heteroatoms. The largest absolute Gasteiger partial charge is 0.472 e. The highest BCUT2D eigenvalue weighted by atomic mass is 31.2. The summed E-state index contributed by atoms with van der Waals surface area (Å²) in [6.45, 7) is 9.52. The number of phosphoric ester groups is 2. The fourth-order valence-corrected chi connectivity index (χ4v) is 12.9. The van der Waals surface area contributed by atoms with E-state index in [1.54, 1.807) is 0 Å². The summed E-state index contributed by atoms with van der Waals surface area (Å²) >= 11 is 0. The quantitative estimate of drug-likeness (QED) is 0.0222. The van der Waals surface area contributed by atoms with E-state index in [1.807, 2.05) is 0 Å². The van der Waals surface area contributed by atoms with E-state index in [-0.39, 0.29) is 25.7 Å². The summed E-state index contributed by atoms with van der Waals surface area (Å²) < 4.78 is 68.4. The van der Waals surface area contributed by atoms with Crippen molar-refractivity contribution >= 4 is 39.5 Å². The SMILES string of the molecule is CCCCCCCCCCCCCCCCCCCCCC(=O)O[C@H](COC(=O)CCCCCCCCCCCC(C)C)COP(=O)(O)OC[C@@H](O)COP(=O)(O)OC[C@@H](COC(=O)CCCCCCCCCCCCC)OC(=O)CCCCCCCCCCC(C)C. The minimum absolute atomic E-state index is 0.105. The van der Waals surface area contributed by atoms with Gasteiger partial charge in [-0.1, -0.05) is 330 Å². The molecule has 0 heterocycles. The Bertz CT molecular complexity index is 1800. The Morgan fingerprint density at radius 3 is 0.731 bits per heavy atom. The lowest BCUT2D eigenvalue weighted by Gasteiger charge is -2.21. The van der Waals surface area contributed by atoms with Crippen LogP contribution in [0.25, 0.3) is 0 Å². The van der Waals surface area contributed by atoms with Crippen LogP contribution >= 0.6 is 15.6 Å². The molecule has 0 saturated heterocycles. The first-order valence-electron chi connectivity index (χ1n) is 38.5. The minimum Gasteiger partial charge on any atom is -0.462 e. The number of hydrogen-bond donors (Lipinski definition) is 3. The zero-order valence-electron chi connectivity index (χ0n) is 60.6. The molecule has 0 fully saturated rings. The Balaban J connectivity index is 5.22. The lowest BCUT2D eigenvalue weighted by Crippen LogP contribution is -2.30. The van der Waals surface area contributed by atoms with Crippen molar-refractivity contribution in [2.75, 3.05) is 39.6 Å². The van der Waals surface area contributed by atoms with Crippen LogP contribution in [-0.4, -0.2) is 96.7 Å². The van der Waals surface area contributed by atoms with E-state index in [9.17, 15) is 43.2 Å². The normalized spacial score (nSPS) is 14.1. The summed E-state index contributed by atoms with van der Waals surface area (Å²) in [6, 6.07) is 0. The summed E-state index contributed by atoms with van der Waals surface area (Å²) in [5, 5.41) is 10.6. The van der Waals surface area contributed by atoms with Gasteiger partial charge in [0.25, 0.3) is 0 Å². The van der Waals surface area contributed by atoms with Crippen molar-refractivity contribution in [1.82, 2.24) is 0 Å². The second-order valence-electron chi connectivity index (χ2n) is 27.6. The Morgan fingerprint density at radius 2 is 0.495 bits per heavy atom. The van der Waals surface area contributed by atoms with Gasteiger partial charge in [0.05, 0.1) is 26.4 Å². The van der Waals surface area contributed by atoms with Crippen LogP contribution in [0.5, 0.6) is 0 Å². The van der Waals surface area contributed by atoms with Gasteiger partial charge in [-0.05, 0) is 37.5 Å². The minimum atomic E-state index is -4.95. The molecule has 0 aliphatic carbocycles. The van der Waals surface area contributed by atoms with Crippen LogP contribution < -0.4 is 0 Å². The molecule has 0 saturated carbocycles. The zero-order chi connectivity index (χ0) is 68.6. The number of esters is 4. The van der Waals surface area contributed by atoms with Gasteiger partial charge in [0.1, 0.15) is 19.3 Å². The molecule has 0 aromatic carbocycles. The summed E-state index contributed by atoms with van der Waals surface area (Å²) in [4.78, 5) is 72.7. The predicted molar refractivity (Wildman–Crippen MR) is 377 cm³/mol. The molecule has 5 atom stereocenters. The van der Waals surface area contributed by atoms with Crippen molar-refractivity contribution in [3.05, 3.63) is 0 Å². The highest BCUT2D eigenvalue weighted by Crippen LogP contribution is 2.45. The number of carbonyl (C=O) groups excluding carboxylic acids is 4. The lowest BCUT2D eigenvalue weighted by molar-refractivity contribution is -0.161. The zero-order valence-corrected chi connectivity index (χ0v) is 62.3. The molecule has 93 heavy (non-hydrogen) atoms. The lowest BCUT2D eigenvalue weighted by atomic mass is 10.0. The smallest absolute Gasteiger partial charge is 0.462 e. The molecule has 0 bridgehead atoms. The highest BCUT2D eigenvalue weighted by Gasteiger charge is 2.30. The number of carbonyl (C=O) groups is 4. The fourth-order valence-electron chi connectivity index (χ4n) is 11.3. The maximum atomic E-state index is 13.1.